The molecule has 4 bridgehead atoms. The van der Waals surface area contributed by atoms with Crippen molar-refractivity contribution in [2.45, 2.75) is 64.2 Å². The summed E-state index contributed by atoms with van der Waals surface area (Å²) in [5, 5.41) is 13.4. The largest absolute Gasteiger partial charge is 0.361 e. The van der Waals surface area contributed by atoms with Gasteiger partial charge in [0, 0.05) is 5.39 Å². The minimum atomic E-state index is -0.683. The van der Waals surface area contributed by atoms with Gasteiger partial charge in [0.25, 0.3) is 0 Å². The standard InChI is InChI=1S/C25H30N4O/c1-25(2,30-14-21-8-7-18-5-3-4-6-22(18)28-21)24(27-15-26)29-23-19-10-16-9-17(12-19)13-20(23)11-16/h3-8,16-17,19-20,23H,9-14H2,1-2H3,(H,27,29). The van der Waals surface area contributed by atoms with Crippen LogP contribution in [-0.4, -0.2) is 22.5 Å². The van der Waals surface area contributed by atoms with Gasteiger partial charge in [-0.05, 0) is 81.8 Å². The van der Waals surface area contributed by atoms with E-state index in [1.165, 1.54) is 32.1 Å². The van der Waals surface area contributed by atoms with E-state index < -0.39 is 5.60 Å². The van der Waals surface area contributed by atoms with Gasteiger partial charge in [-0.3, -0.25) is 15.3 Å². The molecule has 1 heterocycles. The van der Waals surface area contributed by atoms with E-state index >= 15 is 0 Å². The average molecular weight is 403 g/mol. The number of hydrogen-bond acceptors (Lipinski definition) is 4. The van der Waals surface area contributed by atoms with Gasteiger partial charge in [0.05, 0.1) is 23.9 Å². The van der Waals surface area contributed by atoms with E-state index in [2.05, 4.69) is 23.6 Å². The van der Waals surface area contributed by atoms with Crippen molar-refractivity contribution < 1.29 is 4.74 Å². The lowest BCUT2D eigenvalue weighted by Crippen LogP contribution is -2.50. The van der Waals surface area contributed by atoms with E-state index in [4.69, 9.17) is 14.7 Å². The third-order valence-electron chi connectivity index (χ3n) is 7.44. The van der Waals surface area contributed by atoms with Crippen molar-refractivity contribution >= 4 is 16.7 Å². The van der Waals surface area contributed by atoms with Crippen LogP contribution in [0.1, 0.15) is 51.6 Å². The number of amidine groups is 1. The monoisotopic (exact) mass is 402 g/mol. The number of rotatable bonds is 5. The van der Waals surface area contributed by atoms with Crippen LogP contribution < -0.4 is 5.32 Å². The van der Waals surface area contributed by atoms with Crippen LogP contribution in [0.3, 0.4) is 0 Å². The van der Waals surface area contributed by atoms with Crippen LogP contribution in [-0.2, 0) is 11.3 Å². The highest BCUT2D eigenvalue weighted by molar-refractivity contribution is 5.91. The number of nitrogens with one attached hydrogen (secondary N) is 1. The van der Waals surface area contributed by atoms with Gasteiger partial charge in [-0.15, -0.1) is 0 Å². The van der Waals surface area contributed by atoms with Crippen molar-refractivity contribution in [3.8, 4) is 6.19 Å². The predicted molar refractivity (Wildman–Crippen MR) is 118 cm³/mol. The molecule has 4 saturated carbocycles. The Kier molecular flexibility index (Phi) is 4.99. The first-order chi connectivity index (χ1) is 14.5. The first-order valence-corrected chi connectivity index (χ1v) is 11.2. The summed E-state index contributed by atoms with van der Waals surface area (Å²) in [6, 6.07) is 12.5. The molecular weight excluding hydrogens is 372 g/mol. The molecule has 1 aromatic heterocycles. The molecule has 0 atom stereocenters. The Bertz CT molecular complexity index is 978. The van der Waals surface area contributed by atoms with Crippen LogP contribution >= 0.6 is 0 Å². The van der Waals surface area contributed by atoms with Gasteiger partial charge in [-0.2, -0.15) is 5.26 Å². The van der Waals surface area contributed by atoms with Gasteiger partial charge in [0.1, 0.15) is 11.4 Å². The molecule has 4 aliphatic rings. The molecule has 1 aromatic carbocycles. The molecule has 1 N–H and O–H groups in total. The second kappa shape index (κ2) is 7.67. The maximum absolute atomic E-state index is 9.38. The molecular formula is C25H30N4O. The lowest BCUT2D eigenvalue weighted by Gasteiger charge is -2.53. The molecule has 0 saturated heterocycles. The zero-order valence-corrected chi connectivity index (χ0v) is 17.8. The third kappa shape index (κ3) is 3.70. The first kappa shape index (κ1) is 19.5. The third-order valence-corrected chi connectivity index (χ3v) is 7.44. The predicted octanol–water partition coefficient (Wildman–Crippen LogP) is 4.82. The van der Waals surface area contributed by atoms with Gasteiger partial charge < -0.3 is 4.74 Å². The average Bonchev–Trinajstić information content (AvgIpc) is 2.73. The summed E-state index contributed by atoms with van der Waals surface area (Å²) in [5.74, 6) is 3.83. The van der Waals surface area contributed by atoms with E-state index in [0.717, 1.165) is 28.4 Å². The Morgan fingerprint density at radius 1 is 1.10 bits per heavy atom. The van der Waals surface area contributed by atoms with Crippen molar-refractivity contribution in [2.75, 3.05) is 0 Å². The molecule has 0 unspecified atom stereocenters. The van der Waals surface area contributed by atoms with Crippen LogP contribution in [0, 0.1) is 35.1 Å². The van der Waals surface area contributed by atoms with Crippen LogP contribution in [0.5, 0.6) is 0 Å². The van der Waals surface area contributed by atoms with E-state index in [0.29, 0.717) is 30.3 Å². The Labute approximate surface area is 178 Å². The van der Waals surface area contributed by atoms with Crippen molar-refractivity contribution in [2.24, 2.45) is 28.7 Å². The highest BCUT2D eigenvalue weighted by Crippen LogP contribution is 2.54. The number of benzene rings is 1. The maximum atomic E-state index is 9.38. The van der Waals surface area contributed by atoms with Crippen molar-refractivity contribution in [3.05, 3.63) is 42.1 Å². The number of ether oxygens (including phenoxy) is 1. The molecule has 2 aromatic rings. The molecule has 5 nitrogen and oxygen atoms in total. The molecule has 30 heavy (non-hydrogen) atoms. The van der Waals surface area contributed by atoms with Gasteiger partial charge >= 0.3 is 0 Å². The first-order valence-electron chi connectivity index (χ1n) is 11.2. The van der Waals surface area contributed by atoms with Crippen molar-refractivity contribution in [1.82, 2.24) is 10.3 Å². The topological polar surface area (TPSA) is 70.3 Å². The SMILES string of the molecule is CC(C)(OCc1ccc2ccccc2n1)C(=NC1C2CC3CC(C2)CC1C3)NC#N. The van der Waals surface area contributed by atoms with Crippen LogP contribution in [0.2, 0.25) is 0 Å². The molecule has 4 aliphatic carbocycles. The highest BCUT2D eigenvalue weighted by atomic mass is 16.5. The molecule has 0 radical (unpaired) electrons. The van der Waals surface area contributed by atoms with Crippen molar-refractivity contribution in [1.29, 1.82) is 5.26 Å². The smallest absolute Gasteiger partial charge is 0.182 e. The summed E-state index contributed by atoms with van der Waals surface area (Å²) < 4.78 is 6.27. The normalized spacial score (nSPS) is 30.4. The number of hydrogen-bond donors (Lipinski definition) is 1. The Hall–Kier alpha value is -2.45. The summed E-state index contributed by atoms with van der Waals surface area (Å²) in [6.45, 7) is 4.37. The van der Waals surface area contributed by atoms with Crippen LogP contribution in [0.15, 0.2) is 41.4 Å². The molecule has 6 rings (SSSR count). The number of nitrogens with zero attached hydrogens (tertiary/aromatic N) is 3. The number of nitriles is 1. The zero-order chi connectivity index (χ0) is 20.7. The minimum absolute atomic E-state index is 0.329. The van der Waals surface area contributed by atoms with Crippen LogP contribution in [0.4, 0.5) is 0 Å². The second-order valence-corrected chi connectivity index (χ2v) is 9.93. The quantitative estimate of drug-likeness (QED) is 0.337. The number of fused-ring (bicyclic) bond motifs is 1. The summed E-state index contributed by atoms with van der Waals surface area (Å²) in [7, 11) is 0. The molecule has 0 spiro atoms. The number of pyridine rings is 1. The molecule has 5 heteroatoms. The van der Waals surface area contributed by atoms with E-state index in [1.54, 1.807) is 0 Å². The Morgan fingerprint density at radius 2 is 1.80 bits per heavy atom. The number of aromatic nitrogens is 1. The van der Waals surface area contributed by atoms with Crippen molar-refractivity contribution in [3.63, 3.8) is 0 Å². The zero-order valence-electron chi connectivity index (χ0n) is 17.8. The molecule has 0 amide bonds. The molecule has 0 aliphatic heterocycles. The van der Waals surface area contributed by atoms with Gasteiger partial charge in [0.15, 0.2) is 6.19 Å². The van der Waals surface area contributed by atoms with Crippen LogP contribution in [0.25, 0.3) is 10.9 Å². The fourth-order valence-corrected chi connectivity index (χ4v) is 6.16. The highest BCUT2D eigenvalue weighted by Gasteiger charge is 2.48. The van der Waals surface area contributed by atoms with E-state index in [1.807, 2.05) is 38.1 Å². The van der Waals surface area contributed by atoms with Gasteiger partial charge in [-0.25, -0.2) is 0 Å². The lowest BCUT2D eigenvalue weighted by molar-refractivity contribution is -0.00298. The van der Waals surface area contributed by atoms with E-state index in [9.17, 15) is 5.26 Å². The molecule has 4 fully saturated rings. The molecule has 156 valence electrons. The summed E-state index contributed by atoms with van der Waals surface area (Å²) >= 11 is 0. The Morgan fingerprint density at radius 3 is 2.50 bits per heavy atom. The minimum Gasteiger partial charge on any atom is -0.361 e. The Balaban J connectivity index is 1.33. The second-order valence-electron chi connectivity index (χ2n) is 9.93. The summed E-state index contributed by atoms with van der Waals surface area (Å²) in [4.78, 5) is 9.85. The number of para-hydroxylation sites is 1. The van der Waals surface area contributed by atoms with Gasteiger partial charge in [-0.1, -0.05) is 24.3 Å². The number of aliphatic imine (C=N–C) groups is 1. The van der Waals surface area contributed by atoms with Gasteiger partial charge in [0.2, 0.25) is 0 Å². The summed E-state index contributed by atoms with van der Waals surface area (Å²) in [6.07, 6.45) is 8.76. The lowest BCUT2D eigenvalue weighted by atomic mass is 9.54. The van der Waals surface area contributed by atoms with E-state index in [-0.39, 0.29) is 0 Å². The maximum Gasteiger partial charge on any atom is 0.182 e. The fraction of sp³-hybridized carbons (Fsp3) is 0.560. The summed E-state index contributed by atoms with van der Waals surface area (Å²) in [5.41, 5.74) is 1.17. The fourth-order valence-electron chi connectivity index (χ4n) is 6.16.